The van der Waals surface area contributed by atoms with E-state index < -0.39 is 5.97 Å². The highest BCUT2D eigenvalue weighted by molar-refractivity contribution is 5.88. The molecule has 0 saturated heterocycles. The van der Waals surface area contributed by atoms with Gasteiger partial charge in [-0.15, -0.1) is 0 Å². The van der Waals surface area contributed by atoms with Crippen LogP contribution in [0.3, 0.4) is 0 Å². The van der Waals surface area contributed by atoms with Crippen molar-refractivity contribution < 1.29 is 15.0 Å². The van der Waals surface area contributed by atoms with E-state index in [-0.39, 0.29) is 11.8 Å². The predicted octanol–water partition coefficient (Wildman–Crippen LogP) is 4.12. The lowest BCUT2D eigenvalue weighted by atomic mass is 9.86. The van der Waals surface area contributed by atoms with E-state index in [0.717, 1.165) is 11.1 Å². The van der Waals surface area contributed by atoms with E-state index >= 15 is 0 Å². The summed E-state index contributed by atoms with van der Waals surface area (Å²) in [4.78, 5) is 11.4. The van der Waals surface area contributed by atoms with Crippen LogP contribution in [-0.2, 0) is 0 Å². The van der Waals surface area contributed by atoms with Gasteiger partial charge in [0.1, 0.15) is 5.75 Å². The second-order valence-corrected chi connectivity index (χ2v) is 6.56. The molecule has 2 fully saturated rings. The number of hydrogen-bond acceptors (Lipinski definition) is 2. The van der Waals surface area contributed by atoms with Crippen molar-refractivity contribution in [2.45, 2.75) is 51.4 Å². The number of benzene rings is 1. The van der Waals surface area contributed by atoms with Gasteiger partial charge >= 0.3 is 5.97 Å². The van der Waals surface area contributed by atoms with Crippen LogP contribution in [0.25, 0.3) is 0 Å². The zero-order valence-corrected chi connectivity index (χ0v) is 12.1. The summed E-state index contributed by atoms with van der Waals surface area (Å²) in [5, 5.41) is 19.9. The molecule has 0 amide bonds. The summed E-state index contributed by atoms with van der Waals surface area (Å²) in [6, 6.07) is 3.34. The van der Waals surface area contributed by atoms with Gasteiger partial charge in [-0.2, -0.15) is 0 Å². The molecule has 2 N–H and O–H groups in total. The van der Waals surface area contributed by atoms with Crippen molar-refractivity contribution in [1.29, 1.82) is 0 Å². The molecule has 2 aliphatic carbocycles. The summed E-state index contributed by atoms with van der Waals surface area (Å²) in [5.74, 6) is 1.15. The Bertz CT molecular complexity index is 502. The minimum Gasteiger partial charge on any atom is -0.507 e. The Labute approximate surface area is 119 Å². The van der Waals surface area contributed by atoms with Gasteiger partial charge in [0.2, 0.25) is 0 Å². The van der Waals surface area contributed by atoms with Crippen molar-refractivity contribution in [3.8, 4) is 5.75 Å². The van der Waals surface area contributed by atoms with E-state index in [2.05, 4.69) is 13.8 Å². The van der Waals surface area contributed by atoms with E-state index in [0.29, 0.717) is 23.1 Å². The molecule has 1 aromatic carbocycles. The highest BCUT2D eigenvalue weighted by Gasteiger charge is 2.35. The maximum Gasteiger partial charge on any atom is 0.335 e. The van der Waals surface area contributed by atoms with Gasteiger partial charge in [0.15, 0.2) is 0 Å². The van der Waals surface area contributed by atoms with Crippen molar-refractivity contribution in [2.24, 2.45) is 11.8 Å². The zero-order chi connectivity index (χ0) is 14.4. The molecule has 0 radical (unpaired) electrons. The number of phenols is 1. The average Bonchev–Trinajstić information content (AvgIpc) is 3.30. The predicted molar refractivity (Wildman–Crippen MR) is 77.3 cm³/mol. The fourth-order valence-electron chi connectivity index (χ4n) is 3.20. The van der Waals surface area contributed by atoms with E-state index in [1.807, 2.05) is 0 Å². The molecule has 3 nitrogen and oxygen atoms in total. The Kier molecular flexibility index (Phi) is 3.23. The number of carboxylic acids is 1. The third-order valence-electron chi connectivity index (χ3n) is 5.06. The monoisotopic (exact) mass is 274 g/mol. The molecule has 3 heteroatoms. The molecule has 0 aromatic heterocycles. The lowest BCUT2D eigenvalue weighted by Crippen LogP contribution is -2.07. The standard InChI is InChI=1S/C17H22O3/c1-9(11-3-4-11)14-7-13(17(19)20)8-15(16(14)18)10(2)12-5-6-12/h7-12,18H,3-6H2,1-2H3,(H,19,20). The van der Waals surface area contributed by atoms with Gasteiger partial charge in [0.05, 0.1) is 5.56 Å². The topological polar surface area (TPSA) is 57.5 Å². The normalized spacial score (nSPS) is 21.5. The fourth-order valence-corrected chi connectivity index (χ4v) is 3.20. The molecule has 2 unspecified atom stereocenters. The van der Waals surface area contributed by atoms with Crippen LogP contribution in [0, 0.1) is 11.8 Å². The van der Waals surface area contributed by atoms with Crippen molar-refractivity contribution in [1.82, 2.24) is 0 Å². The molecular formula is C17H22O3. The molecule has 2 saturated carbocycles. The van der Waals surface area contributed by atoms with Crippen molar-refractivity contribution >= 4 is 5.97 Å². The number of aromatic carboxylic acids is 1. The number of aromatic hydroxyl groups is 1. The van der Waals surface area contributed by atoms with Gasteiger partial charge in [-0.1, -0.05) is 13.8 Å². The second kappa shape index (κ2) is 4.80. The Hall–Kier alpha value is -1.51. The number of carbonyl (C=O) groups is 1. The number of rotatable bonds is 5. The Morgan fingerprint density at radius 1 is 1.05 bits per heavy atom. The van der Waals surface area contributed by atoms with Gasteiger partial charge in [0.25, 0.3) is 0 Å². The average molecular weight is 274 g/mol. The summed E-state index contributed by atoms with van der Waals surface area (Å²) in [5.41, 5.74) is 1.97. The smallest absolute Gasteiger partial charge is 0.335 e. The van der Waals surface area contributed by atoms with Crippen molar-refractivity contribution in [2.75, 3.05) is 0 Å². The Balaban J connectivity index is 2.04. The van der Waals surface area contributed by atoms with Crippen molar-refractivity contribution in [3.63, 3.8) is 0 Å². The quantitative estimate of drug-likeness (QED) is 0.849. The molecule has 0 heterocycles. The molecule has 108 valence electrons. The van der Waals surface area contributed by atoms with E-state index in [1.54, 1.807) is 12.1 Å². The summed E-state index contributed by atoms with van der Waals surface area (Å²) in [6.45, 7) is 4.20. The summed E-state index contributed by atoms with van der Waals surface area (Å²) in [7, 11) is 0. The minimum atomic E-state index is -0.904. The minimum absolute atomic E-state index is 0.249. The first-order valence-corrected chi connectivity index (χ1v) is 7.59. The van der Waals surface area contributed by atoms with Gasteiger partial charge in [-0.05, 0) is 72.6 Å². The zero-order valence-electron chi connectivity index (χ0n) is 12.1. The second-order valence-electron chi connectivity index (χ2n) is 6.56. The van der Waals surface area contributed by atoms with Crippen LogP contribution >= 0.6 is 0 Å². The van der Waals surface area contributed by atoms with Gasteiger partial charge < -0.3 is 10.2 Å². The largest absolute Gasteiger partial charge is 0.507 e. The van der Waals surface area contributed by atoms with Crippen LogP contribution in [0.1, 0.15) is 72.9 Å². The molecule has 2 aliphatic rings. The van der Waals surface area contributed by atoms with Crippen LogP contribution in [-0.4, -0.2) is 16.2 Å². The summed E-state index contributed by atoms with van der Waals surface area (Å²) in [6.07, 6.45) is 4.74. The highest BCUT2D eigenvalue weighted by Crippen LogP contribution is 2.49. The molecular weight excluding hydrogens is 252 g/mol. The molecule has 3 rings (SSSR count). The van der Waals surface area contributed by atoms with E-state index in [1.165, 1.54) is 25.7 Å². The molecule has 20 heavy (non-hydrogen) atoms. The number of hydrogen-bond donors (Lipinski definition) is 2. The first kappa shape index (κ1) is 13.5. The Morgan fingerprint density at radius 3 is 1.75 bits per heavy atom. The lowest BCUT2D eigenvalue weighted by Gasteiger charge is -2.20. The first-order valence-electron chi connectivity index (χ1n) is 7.59. The van der Waals surface area contributed by atoms with Gasteiger partial charge in [-0.25, -0.2) is 4.79 Å². The molecule has 1 aromatic rings. The maximum atomic E-state index is 11.4. The summed E-state index contributed by atoms with van der Waals surface area (Å²) >= 11 is 0. The summed E-state index contributed by atoms with van der Waals surface area (Å²) < 4.78 is 0. The maximum absolute atomic E-state index is 11.4. The van der Waals surface area contributed by atoms with Gasteiger partial charge in [-0.3, -0.25) is 0 Å². The van der Waals surface area contributed by atoms with E-state index in [4.69, 9.17) is 0 Å². The molecule has 0 aliphatic heterocycles. The SMILES string of the molecule is CC(c1cc(C(=O)O)cc(C(C)C2CC2)c1O)C1CC1. The third kappa shape index (κ3) is 2.41. The van der Waals surface area contributed by atoms with Crippen molar-refractivity contribution in [3.05, 3.63) is 28.8 Å². The van der Waals surface area contributed by atoms with E-state index in [9.17, 15) is 15.0 Å². The van der Waals surface area contributed by atoms with Crippen LogP contribution < -0.4 is 0 Å². The molecule has 2 atom stereocenters. The first-order chi connectivity index (χ1) is 9.49. The lowest BCUT2D eigenvalue weighted by molar-refractivity contribution is 0.0696. The van der Waals surface area contributed by atoms with Crippen LogP contribution in [0.2, 0.25) is 0 Å². The molecule has 0 spiro atoms. The number of phenolic OH excluding ortho intramolecular Hbond substituents is 1. The van der Waals surface area contributed by atoms with Gasteiger partial charge in [0, 0.05) is 0 Å². The van der Waals surface area contributed by atoms with Crippen LogP contribution in [0.15, 0.2) is 12.1 Å². The Morgan fingerprint density at radius 2 is 1.45 bits per heavy atom. The highest BCUT2D eigenvalue weighted by atomic mass is 16.4. The number of carboxylic acid groups (broad SMARTS) is 1. The van der Waals surface area contributed by atoms with Crippen LogP contribution in [0.5, 0.6) is 5.75 Å². The fraction of sp³-hybridized carbons (Fsp3) is 0.588. The molecule has 0 bridgehead atoms. The third-order valence-corrected chi connectivity index (χ3v) is 5.06. The van der Waals surface area contributed by atoms with Crippen LogP contribution in [0.4, 0.5) is 0 Å².